The molecule has 0 aromatic carbocycles. The summed E-state index contributed by atoms with van der Waals surface area (Å²) in [6.07, 6.45) is 43.5. The van der Waals surface area contributed by atoms with Crippen molar-refractivity contribution in [1.29, 1.82) is 0 Å². The molecule has 10 fully saturated rings. The maximum absolute atomic E-state index is 7.51. The van der Waals surface area contributed by atoms with Crippen LogP contribution in [-0.2, 0) is 0 Å². The summed E-state index contributed by atoms with van der Waals surface area (Å²) in [5.41, 5.74) is 7.51. The Hall–Kier alpha value is -0.120. The van der Waals surface area contributed by atoms with Crippen molar-refractivity contribution in [3.8, 4) is 0 Å². The van der Waals surface area contributed by atoms with Gasteiger partial charge in [-0.15, -0.1) is 0 Å². The van der Waals surface area contributed by atoms with E-state index < -0.39 is 0 Å². The number of rotatable bonds is 9. The van der Waals surface area contributed by atoms with Gasteiger partial charge in [0.15, 0.2) is 0 Å². The molecule has 1 saturated heterocycles. The molecule has 3 nitrogen and oxygen atoms in total. The van der Waals surface area contributed by atoms with Gasteiger partial charge >= 0.3 is 0 Å². The van der Waals surface area contributed by atoms with Gasteiger partial charge in [0.1, 0.15) is 0 Å². The molecule has 0 aromatic rings. The second kappa shape index (κ2) is 16.0. The van der Waals surface area contributed by atoms with Gasteiger partial charge < -0.3 is 16.4 Å². The fourth-order valence-electron chi connectivity index (χ4n) is 17.7. The van der Waals surface area contributed by atoms with Crippen molar-refractivity contribution in [2.45, 2.75) is 210 Å². The van der Waals surface area contributed by atoms with Crippen LogP contribution in [0.4, 0.5) is 0 Å². The highest BCUT2D eigenvalue weighted by atomic mass is 15.0. The van der Waals surface area contributed by atoms with Crippen LogP contribution in [0.5, 0.6) is 0 Å². The van der Waals surface area contributed by atoms with Gasteiger partial charge in [0.2, 0.25) is 0 Å². The zero-order valence-corrected chi connectivity index (χ0v) is 33.8. The third kappa shape index (κ3) is 7.17. The summed E-state index contributed by atoms with van der Waals surface area (Å²) in [6, 6.07) is 2.70. The van der Waals surface area contributed by atoms with Crippen molar-refractivity contribution >= 4 is 0 Å². The Kier molecular flexibility index (Phi) is 11.2. The van der Waals surface area contributed by atoms with Crippen molar-refractivity contribution in [2.75, 3.05) is 6.54 Å². The lowest BCUT2D eigenvalue weighted by molar-refractivity contribution is -0.0962. The first kappa shape index (κ1) is 36.2. The van der Waals surface area contributed by atoms with Gasteiger partial charge in [0, 0.05) is 24.2 Å². The van der Waals surface area contributed by atoms with Gasteiger partial charge in [0.05, 0.1) is 0 Å². The quantitative estimate of drug-likeness (QED) is 0.223. The maximum atomic E-state index is 7.51. The van der Waals surface area contributed by atoms with Crippen molar-refractivity contribution in [3.63, 3.8) is 0 Å². The molecule has 0 amide bonds. The summed E-state index contributed by atoms with van der Waals surface area (Å²) in [4.78, 5) is 0. The van der Waals surface area contributed by atoms with E-state index in [2.05, 4.69) is 10.6 Å². The molecule has 9 aliphatic carbocycles. The normalized spacial score (nSPS) is 49.4. The van der Waals surface area contributed by atoms with E-state index in [4.69, 9.17) is 5.73 Å². The molecule has 17 atom stereocenters. The van der Waals surface area contributed by atoms with E-state index in [-0.39, 0.29) is 0 Å². The topological polar surface area (TPSA) is 50.1 Å². The van der Waals surface area contributed by atoms with Crippen molar-refractivity contribution in [1.82, 2.24) is 10.6 Å². The first-order valence-electron chi connectivity index (χ1n) is 24.9. The van der Waals surface area contributed by atoms with Crippen LogP contribution in [0.1, 0.15) is 186 Å². The van der Waals surface area contributed by atoms with Crippen LogP contribution < -0.4 is 16.4 Å². The molecule has 0 aromatic heterocycles. The SMILES string of the molecule is NC(CC(NCC1CCCC(C2CCCCC2)C1)C1CCCCC1)C1CCCC(C2NC3CCCCC3C3C2CCC2C4CCCC4C4CC4C23)C1. The molecule has 17 unspecified atom stereocenters. The first-order valence-corrected chi connectivity index (χ1v) is 24.9. The summed E-state index contributed by atoms with van der Waals surface area (Å²) in [5, 5.41) is 8.93. The standard InChI is InChI=1S/C49H83N3/c50-44(29-46(33-15-5-2-6-16-33)51-30-31-12-9-17-34(26-31)32-13-3-1-4-14-32)35-18-10-19-36(27-35)49-41-25-24-39-37-21-11-22-38(37)42-28-43(42)47(39)48(41)40-20-7-8-23-45(40)52-49/h31-49,51-52H,1-30,50H2. The van der Waals surface area contributed by atoms with Gasteiger partial charge in [-0.2, -0.15) is 0 Å². The molecular formula is C49H83N3. The number of nitrogens with two attached hydrogens (primary N) is 1. The van der Waals surface area contributed by atoms with E-state index in [0.717, 1.165) is 101 Å². The predicted octanol–water partition coefficient (Wildman–Crippen LogP) is 11.3. The maximum Gasteiger partial charge on any atom is 0.0129 e. The van der Waals surface area contributed by atoms with E-state index >= 15 is 0 Å². The molecule has 1 aliphatic heterocycles. The molecule has 0 bridgehead atoms. The Labute approximate surface area is 321 Å². The van der Waals surface area contributed by atoms with E-state index in [1.54, 1.807) is 44.9 Å². The smallest absolute Gasteiger partial charge is 0.0129 e. The van der Waals surface area contributed by atoms with Gasteiger partial charge in [-0.3, -0.25) is 0 Å². The summed E-state index contributed by atoms with van der Waals surface area (Å²) in [5.74, 6) is 15.4. The molecule has 52 heavy (non-hydrogen) atoms. The van der Waals surface area contributed by atoms with E-state index in [9.17, 15) is 0 Å². The molecule has 1 heterocycles. The van der Waals surface area contributed by atoms with Gasteiger partial charge in [-0.05, 0) is 192 Å². The Bertz CT molecular complexity index is 1160. The zero-order valence-electron chi connectivity index (χ0n) is 33.8. The van der Waals surface area contributed by atoms with Gasteiger partial charge in [-0.1, -0.05) is 89.9 Å². The average molecular weight is 714 g/mol. The van der Waals surface area contributed by atoms with Crippen LogP contribution in [0.15, 0.2) is 0 Å². The number of hydrogen-bond donors (Lipinski definition) is 3. The first-order chi connectivity index (χ1) is 25.7. The van der Waals surface area contributed by atoms with Gasteiger partial charge in [-0.25, -0.2) is 0 Å². The van der Waals surface area contributed by atoms with Gasteiger partial charge in [0.25, 0.3) is 0 Å². The summed E-state index contributed by atoms with van der Waals surface area (Å²) in [6.45, 7) is 1.29. The van der Waals surface area contributed by atoms with E-state index in [0.29, 0.717) is 12.1 Å². The lowest BCUT2D eigenvalue weighted by atomic mass is 9.48. The van der Waals surface area contributed by atoms with Crippen LogP contribution in [0, 0.1) is 88.8 Å². The third-order valence-electron chi connectivity index (χ3n) is 20.0. The number of fused-ring (bicyclic) bond motifs is 10. The highest BCUT2D eigenvalue weighted by Crippen LogP contribution is 2.70. The summed E-state index contributed by atoms with van der Waals surface area (Å²) < 4.78 is 0. The number of piperidine rings is 1. The molecule has 3 heteroatoms. The van der Waals surface area contributed by atoms with Crippen LogP contribution in [-0.4, -0.2) is 30.7 Å². The van der Waals surface area contributed by atoms with Crippen molar-refractivity contribution in [2.24, 2.45) is 94.5 Å². The van der Waals surface area contributed by atoms with Crippen LogP contribution in [0.25, 0.3) is 0 Å². The van der Waals surface area contributed by atoms with Crippen LogP contribution >= 0.6 is 0 Å². The fourth-order valence-corrected chi connectivity index (χ4v) is 17.7. The molecule has 10 aliphatic rings. The Morgan fingerprint density at radius 2 is 1.10 bits per heavy atom. The lowest BCUT2D eigenvalue weighted by Gasteiger charge is -2.61. The minimum Gasteiger partial charge on any atom is -0.327 e. The van der Waals surface area contributed by atoms with Crippen molar-refractivity contribution in [3.05, 3.63) is 0 Å². The number of hydrogen-bond acceptors (Lipinski definition) is 3. The second-order valence-electron chi connectivity index (χ2n) is 22.3. The van der Waals surface area contributed by atoms with Crippen molar-refractivity contribution < 1.29 is 0 Å². The van der Waals surface area contributed by atoms with Crippen LogP contribution in [0.2, 0.25) is 0 Å². The summed E-state index contributed by atoms with van der Waals surface area (Å²) >= 11 is 0. The third-order valence-corrected chi connectivity index (χ3v) is 20.0. The van der Waals surface area contributed by atoms with Crippen LogP contribution in [0.3, 0.4) is 0 Å². The molecule has 10 rings (SSSR count). The monoisotopic (exact) mass is 714 g/mol. The summed E-state index contributed by atoms with van der Waals surface area (Å²) in [7, 11) is 0. The minimum absolute atomic E-state index is 0.394. The second-order valence-corrected chi connectivity index (χ2v) is 22.3. The molecular weight excluding hydrogens is 631 g/mol. The largest absolute Gasteiger partial charge is 0.327 e. The Morgan fingerprint density at radius 3 is 1.96 bits per heavy atom. The highest BCUT2D eigenvalue weighted by molar-refractivity contribution is 5.15. The average Bonchev–Trinajstić information content (AvgIpc) is 3.86. The molecule has 4 N–H and O–H groups in total. The van der Waals surface area contributed by atoms with E-state index in [1.807, 2.05) is 0 Å². The molecule has 0 radical (unpaired) electrons. The molecule has 0 spiro atoms. The lowest BCUT2D eigenvalue weighted by Crippen LogP contribution is -2.64. The van der Waals surface area contributed by atoms with E-state index in [1.165, 1.54) is 148 Å². The molecule has 294 valence electrons. The minimum atomic E-state index is 0.394. The predicted molar refractivity (Wildman–Crippen MR) is 217 cm³/mol. The zero-order chi connectivity index (χ0) is 34.6. The highest BCUT2D eigenvalue weighted by Gasteiger charge is 2.65. The Morgan fingerprint density at radius 1 is 0.462 bits per heavy atom. The fraction of sp³-hybridized carbons (Fsp3) is 1.00. The molecule has 9 saturated carbocycles. The Balaban J connectivity index is 0.808. The number of nitrogens with one attached hydrogen (secondary N) is 2.